The molecule has 0 aliphatic carbocycles. The molecule has 13 heteroatoms. The lowest BCUT2D eigenvalue weighted by molar-refractivity contribution is -0.161. The molecule has 3 N–H and O–H groups in total. The number of nitrogens with zero attached hydrogens (tertiary/aromatic N) is 1. The predicted molar refractivity (Wildman–Crippen MR) is 113 cm³/mol. The Labute approximate surface area is 191 Å². The van der Waals surface area contributed by atoms with Gasteiger partial charge in [0, 0.05) is 23.1 Å². The monoisotopic (exact) mass is 483 g/mol. The number of carbonyl (C=O) groups is 5. The van der Waals surface area contributed by atoms with Gasteiger partial charge >= 0.3 is 18.0 Å². The number of thiophene rings is 1. The molecule has 2 atom stereocenters. The van der Waals surface area contributed by atoms with E-state index in [1.54, 1.807) is 24.4 Å². The second kappa shape index (κ2) is 9.61. The zero-order valence-corrected chi connectivity index (χ0v) is 18.8. The van der Waals surface area contributed by atoms with Crippen molar-refractivity contribution in [1.29, 1.82) is 0 Å². The first-order valence-electron chi connectivity index (χ1n) is 9.51. The van der Waals surface area contributed by atoms with Gasteiger partial charge in [-0.1, -0.05) is 6.07 Å². The Morgan fingerprint density at radius 3 is 2.62 bits per heavy atom. The highest BCUT2D eigenvalue weighted by molar-refractivity contribution is 8.00. The quantitative estimate of drug-likeness (QED) is 0.275. The van der Waals surface area contributed by atoms with Crippen molar-refractivity contribution in [1.82, 2.24) is 15.5 Å². The van der Waals surface area contributed by atoms with Crippen LogP contribution < -0.4 is 10.6 Å². The van der Waals surface area contributed by atoms with Crippen LogP contribution in [0.25, 0.3) is 0 Å². The molecule has 1 aromatic rings. The van der Waals surface area contributed by atoms with Gasteiger partial charge in [-0.3, -0.25) is 24.6 Å². The van der Waals surface area contributed by atoms with Crippen LogP contribution in [0.3, 0.4) is 0 Å². The number of ether oxygens (including phenoxy) is 2. The first-order chi connectivity index (χ1) is 15.2. The number of thioether (sulfide) groups is 1. The van der Waals surface area contributed by atoms with Crippen molar-refractivity contribution in [3.63, 3.8) is 0 Å². The lowest BCUT2D eigenvalue weighted by atomic mass is 9.94. The number of β-lactam (4-membered cyclic amide) rings is 1. The van der Waals surface area contributed by atoms with Crippen LogP contribution >= 0.6 is 23.1 Å². The fraction of sp³-hybridized carbons (Fsp3) is 0.421. The highest BCUT2D eigenvalue weighted by Crippen LogP contribution is 2.45. The van der Waals surface area contributed by atoms with Crippen LogP contribution in [0.2, 0.25) is 0 Å². The first-order valence-corrected chi connectivity index (χ1v) is 11.4. The van der Waals surface area contributed by atoms with Gasteiger partial charge in [0.1, 0.15) is 17.7 Å². The van der Waals surface area contributed by atoms with E-state index in [4.69, 9.17) is 9.47 Å². The highest BCUT2D eigenvalue weighted by Gasteiger charge is 2.67. The molecule has 1 unspecified atom stereocenters. The third kappa shape index (κ3) is 4.58. The smallest absolute Gasteiger partial charge is 0.409 e. The fourth-order valence-corrected chi connectivity index (χ4v) is 5.45. The number of amides is 3. The second-order valence-corrected chi connectivity index (χ2v) is 8.93. The van der Waals surface area contributed by atoms with Crippen molar-refractivity contribution in [3.05, 3.63) is 33.7 Å². The summed E-state index contributed by atoms with van der Waals surface area (Å²) in [5.74, 6) is -3.23. The molecule has 1 fully saturated rings. The van der Waals surface area contributed by atoms with E-state index in [0.717, 1.165) is 21.5 Å². The van der Waals surface area contributed by atoms with E-state index in [-0.39, 0.29) is 36.7 Å². The summed E-state index contributed by atoms with van der Waals surface area (Å²) in [7, 11) is 0. The van der Waals surface area contributed by atoms with Gasteiger partial charge in [-0.25, -0.2) is 9.59 Å². The Hall–Kier alpha value is -3.06. The largest absolute Gasteiger partial charge is 0.477 e. The molecule has 0 radical (unpaired) electrons. The predicted octanol–water partition coefficient (Wildman–Crippen LogP) is 0.666. The molecule has 0 saturated carbocycles. The molecule has 172 valence electrons. The summed E-state index contributed by atoms with van der Waals surface area (Å²) < 4.78 is 9.79. The summed E-state index contributed by atoms with van der Waals surface area (Å²) in [5, 5.41) is 15.6. The van der Waals surface area contributed by atoms with E-state index in [1.807, 2.05) is 0 Å². The topological polar surface area (TPSA) is 151 Å². The lowest BCUT2D eigenvalue weighted by Crippen LogP contribution is -2.86. The van der Waals surface area contributed by atoms with Crippen LogP contribution in [0.5, 0.6) is 0 Å². The normalized spacial score (nSPS) is 21.9. The minimum Gasteiger partial charge on any atom is -0.477 e. The Kier molecular flexibility index (Phi) is 7.09. The number of aliphatic carboxylic acids is 1. The lowest BCUT2D eigenvalue weighted by Gasteiger charge is -2.56. The summed E-state index contributed by atoms with van der Waals surface area (Å²) in [6.45, 7) is 2.52. The highest BCUT2D eigenvalue weighted by atomic mass is 32.2. The fourth-order valence-electron chi connectivity index (χ4n) is 3.34. The van der Waals surface area contributed by atoms with E-state index in [2.05, 4.69) is 10.6 Å². The third-order valence-electron chi connectivity index (χ3n) is 4.63. The van der Waals surface area contributed by atoms with Gasteiger partial charge in [-0.2, -0.15) is 0 Å². The van der Waals surface area contributed by atoms with Crippen molar-refractivity contribution in [3.8, 4) is 0 Å². The molecule has 3 heterocycles. The molecular weight excluding hydrogens is 462 g/mol. The molecule has 0 bridgehead atoms. The van der Waals surface area contributed by atoms with E-state index < -0.39 is 40.9 Å². The number of hydrogen-bond donors (Lipinski definition) is 3. The maximum absolute atomic E-state index is 13.2. The van der Waals surface area contributed by atoms with Crippen LogP contribution in [-0.2, 0) is 35.1 Å². The number of nitrogens with one attached hydrogen (secondary N) is 2. The van der Waals surface area contributed by atoms with Gasteiger partial charge in [-0.15, -0.1) is 23.1 Å². The number of carboxylic acids is 1. The zero-order chi connectivity index (χ0) is 23.5. The van der Waals surface area contributed by atoms with Crippen molar-refractivity contribution < 1.29 is 38.6 Å². The number of fused-ring (bicyclic) bond motifs is 1. The molecule has 32 heavy (non-hydrogen) atoms. The second-order valence-electron chi connectivity index (χ2n) is 6.83. The van der Waals surface area contributed by atoms with Crippen LogP contribution in [0.4, 0.5) is 4.79 Å². The van der Waals surface area contributed by atoms with E-state index >= 15 is 0 Å². The van der Waals surface area contributed by atoms with Crippen molar-refractivity contribution >= 4 is 52.9 Å². The molecule has 2 aliphatic heterocycles. The average molecular weight is 484 g/mol. The molecule has 0 spiro atoms. The van der Waals surface area contributed by atoms with E-state index in [1.165, 1.54) is 18.3 Å². The summed E-state index contributed by atoms with van der Waals surface area (Å²) in [5.41, 5.74) is -1.98. The Bertz CT molecular complexity index is 977. The minimum absolute atomic E-state index is 0.0199. The molecule has 0 aromatic carbocycles. The number of esters is 1. The van der Waals surface area contributed by atoms with Gasteiger partial charge < -0.3 is 19.9 Å². The zero-order valence-electron chi connectivity index (χ0n) is 17.2. The molecule has 1 aromatic heterocycles. The maximum atomic E-state index is 13.2. The van der Waals surface area contributed by atoms with Crippen molar-refractivity contribution in [2.24, 2.45) is 0 Å². The number of hydrogen-bond acceptors (Lipinski definition) is 9. The summed E-state index contributed by atoms with van der Waals surface area (Å²) >= 11 is 2.49. The summed E-state index contributed by atoms with van der Waals surface area (Å²) in [6.07, 6.45) is -0.947. The average Bonchev–Trinajstić information content (AvgIpc) is 3.23. The van der Waals surface area contributed by atoms with Gasteiger partial charge in [0.15, 0.2) is 0 Å². The van der Waals surface area contributed by atoms with Crippen molar-refractivity contribution in [2.45, 2.75) is 31.3 Å². The molecule has 3 rings (SSSR count). The number of alkyl carbamates (subject to hydrolysis) is 1. The van der Waals surface area contributed by atoms with Crippen LogP contribution in [0.15, 0.2) is 28.8 Å². The third-order valence-corrected chi connectivity index (χ3v) is 6.90. The Balaban J connectivity index is 1.89. The van der Waals surface area contributed by atoms with Crippen molar-refractivity contribution in [2.75, 3.05) is 19.0 Å². The van der Waals surface area contributed by atoms with Crippen LogP contribution in [-0.4, -0.2) is 69.9 Å². The molecular formula is C19H21N3O8S2. The standard InChI is InChI=1S/C19H21N3O8S2/c1-3-29-18(28)21-19(20-13(24)7-12-5-4-6-31-12)16(27)22-14(15(25)26)11(8-30-10(2)23)9-32-17(19)22/h4-6,17H,3,7-9H2,1-2H3,(H,20,24)(H,21,28)(H,25,26)/t17-,19?/m1/s1. The maximum Gasteiger partial charge on any atom is 0.409 e. The van der Waals surface area contributed by atoms with Crippen LogP contribution in [0.1, 0.15) is 18.7 Å². The molecule has 1 saturated heterocycles. The first kappa shape index (κ1) is 23.6. The van der Waals surface area contributed by atoms with E-state index in [9.17, 15) is 29.1 Å². The number of carboxylic acid groups (broad SMARTS) is 1. The minimum atomic E-state index is -1.88. The van der Waals surface area contributed by atoms with Gasteiger partial charge in [0.2, 0.25) is 11.6 Å². The van der Waals surface area contributed by atoms with Crippen LogP contribution in [0, 0.1) is 0 Å². The molecule has 11 nitrogen and oxygen atoms in total. The summed E-state index contributed by atoms with van der Waals surface area (Å²) in [4.78, 5) is 62.9. The Morgan fingerprint density at radius 1 is 1.28 bits per heavy atom. The number of rotatable bonds is 8. The Morgan fingerprint density at radius 2 is 2.03 bits per heavy atom. The van der Waals surface area contributed by atoms with Gasteiger partial charge in [-0.05, 0) is 18.4 Å². The molecule has 2 aliphatic rings. The van der Waals surface area contributed by atoms with Gasteiger partial charge in [0.25, 0.3) is 5.91 Å². The summed E-state index contributed by atoms with van der Waals surface area (Å²) in [6, 6.07) is 3.54. The van der Waals surface area contributed by atoms with Gasteiger partial charge in [0.05, 0.1) is 13.0 Å². The molecule has 3 amide bonds. The van der Waals surface area contributed by atoms with E-state index in [0.29, 0.717) is 0 Å². The SMILES string of the molecule is CCOC(=O)NC1(NC(=O)Cc2cccs2)C(=O)N2C(C(=O)O)=C(COC(C)=O)CS[C@@H]21. The number of carbonyl (C=O) groups excluding carboxylic acids is 4.